The first-order chi connectivity index (χ1) is 15.1. The van der Waals surface area contributed by atoms with E-state index in [0.29, 0.717) is 10.7 Å². The number of hydrogen-bond donors (Lipinski definition) is 1. The molecule has 0 radical (unpaired) electrons. The fraction of sp³-hybridized carbons (Fsp3) is 0.182. The summed E-state index contributed by atoms with van der Waals surface area (Å²) in [4.78, 5) is 16.6. The lowest BCUT2D eigenvalue weighted by atomic mass is 10.1. The normalized spacial score (nSPS) is 17.5. The van der Waals surface area contributed by atoms with E-state index in [1.54, 1.807) is 24.3 Å². The van der Waals surface area contributed by atoms with E-state index in [2.05, 4.69) is 10.1 Å². The van der Waals surface area contributed by atoms with Crippen molar-refractivity contribution >= 4 is 49.9 Å². The van der Waals surface area contributed by atoms with Crippen molar-refractivity contribution in [3.63, 3.8) is 0 Å². The Morgan fingerprint density at radius 2 is 1.88 bits per heavy atom. The van der Waals surface area contributed by atoms with Gasteiger partial charge in [0.1, 0.15) is 15.7 Å². The van der Waals surface area contributed by atoms with Crippen LogP contribution >= 0.6 is 11.8 Å². The van der Waals surface area contributed by atoms with E-state index in [9.17, 15) is 13.2 Å². The molecule has 1 amide bonds. The van der Waals surface area contributed by atoms with Crippen LogP contribution in [0, 0.1) is 18.3 Å². The maximum absolute atomic E-state index is 12.6. The number of carbonyl (C=O) groups excluding carboxylic acids is 1. The molecular weight excluding hydrogens is 448 g/mol. The van der Waals surface area contributed by atoms with Crippen molar-refractivity contribution in [3.8, 4) is 5.75 Å². The number of amidine groups is 2. The van der Waals surface area contributed by atoms with E-state index in [1.165, 1.54) is 47.1 Å². The van der Waals surface area contributed by atoms with E-state index in [0.717, 1.165) is 10.6 Å². The Kier molecular flexibility index (Phi) is 5.74. The van der Waals surface area contributed by atoms with E-state index in [4.69, 9.17) is 9.59 Å². The second-order valence-electron chi connectivity index (χ2n) is 7.54. The molecule has 0 aromatic heterocycles. The molecule has 0 aliphatic carbocycles. The molecule has 2 heterocycles. The summed E-state index contributed by atoms with van der Waals surface area (Å²) < 4.78 is 30.4. The van der Waals surface area contributed by atoms with Gasteiger partial charge in [0.25, 0.3) is 5.91 Å². The van der Waals surface area contributed by atoms with Crippen LogP contribution in [0.3, 0.4) is 0 Å². The zero-order chi connectivity index (χ0) is 23.0. The van der Waals surface area contributed by atoms with Crippen molar-refractivity contribution in [2.75, 3.05) is 0 Å². The molecule has 0 saturated heterocycles. The molecule has 2 aliphatic rings. The highest BCUT2D eigenvalue weighted by atomic mass is 32.2. The molecule has 0 saturated carbocycles. The number of carbonyl (C=O) groups is 1. The third-order valence-corrected chi connectivity index (χ3v) is 7.12. The quantitative estimate of drug-likeness (QED) is 0.524. The number of aliphatic imine (C=N–C) groups is 1. The summed E-state index contributed by atoms with van der Waals surface area (Å²) in [6, 6.07) is 12.6. The van der Waals surface area contributed by atoms with Crippen molar-refractivity contribution in [3.05, 3.63) is 65.2 Å². The molecule has 8 nitrogen and oxygen atoms in total. The number of hydrazone groups is 1. The first-order valence-electron chi connectivity index (χ1n) is 9.75. The van der Waals surface area contributed by atoms with Crippen molar-refractivity contribution < 1.29 is 17.4 Å². The van der Waals surface area contributed by atoms with E-state index in [-0.39, 0.29) is 28.0 Å². The topological polar surface area (TPSA) is 112 Å². The predicted molar refractivity (Wildman–Crippen MR) is 125 cm³/mol. The lowest BCUT2D eigenvalue weighted by molar-refractivity contribution is -0.114. The molecule has 0 bridgehead atoms. The van der Waals surface area contributed by atoms with Gasteiger partial charge in [-0.25, -0.2) is 0 Å². The molecule has 10 heteroatoms. The molecule has 164 valence electrons. The molecule has 2 aromatic rings. The minimum atomic E-state index is -4.01. The third-order valence-electron chi connectivity index (χ3n) is 4.65. The summed E-state index contributed by atoms with van der Waals surface area (Å²) in [7, 11) is -4.01. The van der Waals surface area contributed by atoms with Crippen LogP contribution in [0.2, 0.25) is 0 Å². The summed E-state index contributed by atoms with van der Waals surface area (Å²) >= 11 is 1.28. The fourth-order valence-corrected chi connectivity index (χ4v) is 4.76. The van der Waals surface area contributed by atoms with Crippen LogP contribution in [0.5, 0.6) is 5.75 Å². The largest absolute Gasteiger partial charge is 0.379 e. The maximum atomic E-state index is 12.6. The number of hydrogen-bond acceptors (Lipinski definition) is 7. The first kappa shape index (κ1) is 22.0. The summed E-state index contributed by atoms with van der Waals surface area (Å²) in [5.41, 5.74) is 1.49. The van der Waals surface area contributed by atoms with E-state index >= 15 is 0 Å². The van der Waals surface area contributed by atoms with Crippen molar-refractivity contribution in [2.24, 2.45) is 16.0 Å². The van der Waals surface area contributed by atoms with Crippen molar-refractivity contribution in [1.29, 1.82) is 5.41 Å². The minimum absolute atomic E-state index is 0.0447. The number of aryl methyl sites for hydroxylation is 1. The minimum Gasteiger partial charge on any atom is -0.379 e. The Morgan fingerprint density at radius 1 is 1.16 bits per heavy atom. The van der Waals surface area contributed by atoms with Gasteiger partial charge in [0.2, 0.25) is 5.17 Å². The van der Waals surface area contributed by atoms with Gasteiger partial charge in [-0.05, 0) is 54.6 Å². The number of benzene rings is 2. The zero-order valence-corrected chi connectivity index (χ0v) is 19.2. The predicted octanol–water partition coefficient (Wildman–Crippen LogP) is 4.04. The molecule has 1 N–H and O–H groups in total. The summed E-state index contributed by atoms with van der Waals surface area (Å²) in [6.45, 7) is 5.81. The Morgan fingerprint density at radius 3 is 2.56 bits per heavy atom. The van der Waals surface area contributed by atoms with Crippen LogP contribution in [0.1, 0.15) is 25.0 Å². The van der Waals surface area contributed by atoms with E-state index < -0.39 is 16.0 Å². The SMILES string of the molecule is Cc1ccc(S(=O)(=O)Oc2cccc(C=C3C(=N)N4N=C(C(C)C)SC4=NC3=O)c2)cc1. The van der Waals surface area contributed by atoms with Crippen LogP contribution in [0.25, 0.3) is 6.08 Å². The number of nitrogens with one attached hydrogen (secondary N) is 1. The van der Waals surface area contributed by atoms with Gasteiger partial charge in [0.15, 0.2) is 5.84 Å². The smallest absolute Gasteiger partial charge is 0.339 e. The molecule has 0 atom stereocenters. The van der Waals surface area contributed by atoms with Crippen LogP contribution in [-0.2, 0) is 14.9 Å². The van der Waals surface area contributed by atoms with Gasteiger partial charge < -0.3 is 4.18 Å². The van der Waals surface area contributed by atoms with Gasteiger partial charge in [-0.1, -0.05) is 43.7 Å². The number of amides is 1. The molecule has 32 heavy (non-hydrogen) atoms. The number of thioether (sulfide) groups is 1. The maximum Gasteiger partial charge on any atom is 0.339 e. The summed E-state index contributed by atoms with van der Waals surface area (Å²) in [5.74, 6) is -0.391. The first-order valence-corrected chi connectivity index (χ1v) is 12.0. The number of rotatable bonds is 5. The van der Waals surface area contributed by atoms with Gasteiger partial charge in [-0.15, -0.1) is 0 Å². The lowest BCUT2D eigenvalue weighted by Crippen LogP contribution is -2.35. The summed E-state index contributed by atoms with van der Waals surface area (Å²) in [5, 5.41) is 15.3. The Labute approximate surface area is 190 Å². The average molecular weight is 469 g/mol. The Bertz CT molecular complexity index is 1310. The molecule has 0 fully saturated rings. The Hall–Kier alpha value is -3.24. The molecule has 0 unspecified atom stereocenters. The second-order valence-corrected chi connectivity index (χ2v) is 10.1. The van der Waals surface area contributed by atoms with Gasteiger partial charge in [0, 0.05) is 5.92 Å². The molecular formula is C22H20N4O4S2. The van der Waals surface area contributed by atoms with E-state index in [1.807, 2.05) is 20.8 Å². The van der Waals surface area contributed by atoms with Crippen LogP contribution < -0.4 is 4.18 Å². The van der Waals surface area contributed by atoms with Crippen LogP contribution in [0.4, 0.5) is 0 Å². The monoisotopic (exact) mass is 468 g/mol. The molecule has 0 spiro atoms. The van der Waals surface area contributed by atoms with Gasteiger partial charge in [-0.3, -0.25) is 10.2 Å². The molecule has 2 aromatic carbocycles. The van der Waals surface area contributed by atoms with Crippen LogP contribution in [0.15, 0.2) is 69.1 Å². The molecule has 2 aliphatic heterocycles. The number of nitrogens with zero attached hydrogens (tertiary/aromatic N) is 3. The fourth-order valence-electron chi connectivity index (χ4n) is 2.94. The third kappa shape index (κ3) is 4.37. The summed E-state index contributed by atoms with van der Waals surface area (Å²) in [6.07, 6.45) is 1.48. The molecule has 4 rings (SSSR count). The second kappa shape index (κ2) is 8.36. The van der Waals surface area contributed by atoms with Crippen LogP contribution in [-0.4, -0.2) is 35.4 Å². The highest BCUT2D eigenvalue weighted by Gasteiger charge is 2.36. The zero-order valence-electron chi connectivity index (χ0n) is 17.6. The van der Waals surface area contributed by atoms with Gasteiger partial charge in [0.05, 0.1) is 5.57 Å². The van der Waals surface area contributed by atoms with Gasteiger partial charge in [-0.2, -0.15) is 23.5 Å². The Balaban J connectivity index is 1.61. The average Bonchev–Trinajstić information content (AvgIpc) is 3.16. The van der Waals surface area contributed by atoms with Gasteiger partial charge >= 0.3 is 10.1 Å². The highest BCUT2D eigenvalue weighted by Crippen LogP contribution is 2.31. The lowest BCUT2D eigenvalue weighted by Gasteiger charge is -2.20. The van der Waals surface area contributed by atoms with Crippen molar-refractivity contribution in [1.82, 2.24) is 5.01 Å². The van der Waals surface area contributed by atoms with Crippen molar-refractivity contribution in [2.45, 2.75) is 25.7 Å². The number of fused-ring (bicyclic) bond motifs is 1. The standard InChI is InChI=1S/C22H20N4O4S2/c1-13(2)21-25-26-19(23)18(20(27)24-22(26)31-21)12-15-5-4-6-16(11-15)30-32(28,29)17-9-7-14(3)8-10-17/h4-13,23H,1-3H3. The highest BCUT2D eigenvalue weighted by molar-refractivity contribution is 8.27.